The van der Waals surface area contributed by atoms with Crippen LogP contribution in [0.1, 0.15) is 22.8 Å². The van der Waals surface area contributed by atoms with Gasteiger partial charge < -0.3 is 9.51 Å². The summed E-state index contributed by atoms with van der Waals surface area (Å²) in [4.78, 5) is 6.96. The molecule has 0 aliphatic rings. The molecule has 0 bridgehead atoms. The molecule has 2 aromatic heterocycles. The van der Waals surface area contributed by atoms with Crippen molar-refractivity contribution in [2.45, 2.75) is 32.2 Å². The molecule has 10 heteroatoms. The minimum Gasteiger partial charge on any atom is -0.361 e. The molecule has 0 atom stereocenters. The zero-order valence-corrected chi connectivity index (χ0v) is 15.0. The van der Waals surface area contributed by atoms with Gasteiger partial charge in [0.05, 0.1) is 5.56 Å². The van der Waals surface area contributed by atoms with Crippen LogP contribution in [-0.2, 0) is 16.6 Å². The second-order valence-corrected chi connectivity index (χ2v) is 7.49. The van der Waals surface area contributed by atoms with Gasteiger partial charge in [-0.25, -0.2) is 21.9 Å². The van der Waals surface area contributed by atoms with E-state index >= 15 is 0 Å². The number of nitrogens with zero attached hydrogens (tertiary/aromatic N) is 2. The summed E-state index contributed by atoms with van der Waals surface area (Å²) in [6, 6.07) is 2.94. The van der Waals surface area contributed by atoms with Crippen molar-refractivity contribution < 1.29 is 21.7 Å². The summed E-state index contributed by atoms with van der Waals surface area (Å²) in [5, 5.41) is 3.68. The number of halogens is 2. The third-order valence-electron chi connectivity index (χ3n) is 3.80. The summed E-state index contributed by atoms with van der Waals surface area (Å²) < 4.78 is 59.7. The summed E-state index contributed by atoms with van der Waals surface area (Å²) in [7, 11) is -4.03. The molecule has 1 aromatic carbocycles. The van der Waals surface area contributed by atoms with Crippen molar-refractivity contribution in [2.24, 2.45) is 0 Å². The predicted octanol–water partition coefficient (Wildman–Crippen LogP) is 2.75. The van der Waals surface area contributed by atoms with E-state index in [-0.39, 0.29) is 28.5 Å². The van der Waals surface area contributed by atoms with E-state index in [0.717, 1.165) is 6.07 Å². The lowest BCUT2D eigenvalue weighted by Crippen LogP contribution is -2.24. The quantitative estimate of drug-likeness (QED) is 0.707. The highest BCUT2D eigenvalue weighted by Gasteiger charge is 2.29. The first kappa shape index (κ1) is 18.2. The third-order valence-corrected chi connectivity index (χ3v) is 5.37. The van der Waals surface area contributed by atoms with Crippen molar-refractivity contribution in [3.8, 4) is 11.5 Å². The summed E-state index contributed by atoms with van der Waals surface area (Å²) in [5.74, 6) is -1.14. The Labute approximate surface area is 148 Å². The molecule has 2 N–H and O–H groups in total. The van der Waals surface area contributed by atoms with Gasteiger partial charge >= 0.3 is 0 Å². The highest BCUT2D eigenvalue weighted by atomic mass is 32.2. The van der Waals surface area contributed by atoms with Crippen LogP contribution in [-0.4, -0.2) is 23.5 Å². The number of hydrogen-bond acceptors (Lipinski definition) is 5. The maximum atomic E-state index is 13.7. The molecule has 0 unspecified atom stereocenters. The number of nitrogens with one attached hydrogen (secondary N) is 2. The molecule has 3 rings (SSSR count). The lowest BCUT2D eigenvalue weighted by molar-refractivity contribution is 0.424. The summed E-state index contributed by atoms with van der Waals surface area (Å²) in [5.41, 5.74) is 1.20. The van der Waals surface area contributed by atoms with Crippen LogP contribution < -0.4 is 4.72 Å². The Kier molecular flexibility index (Phi) is 4.63. The topological polar surface area (TPSA) is 101 Å². The van der Waals surface area contributed by atoms with Gasteiger partial charge in [-0.1, -0.05) is 11.2 Å². The Morgan fingerprint density at radius 2 is 1.92 bits per heavy atom. The SMILES string of the molecule is Cc1noc(-c2c(C)[nH]c(C)c2S(=O)(=O)NCc2ccc(F)cc2F)n1. The summed E-state index contributed by atoms with van der Waals surface area (Å²) in [6.45, 7) is 4.55. The molecule has 0 saturated heterocycles. The second kappa shape index (κ2) is 6.61. The molecule has 26 heavy (non-hydrogen) atoms. The molecule has 0 aliphatic carbocycles. The molecule has 0 amide bonds. The first-order valence-electron chi connectivity index (χ1n) is 7.62. The fraction of sp³-hybridized carbons (Fsp3) is 0.250. The van der Waals surface area contributed by atoms with Crippen molar-refractivity contribution in [3.63, 3.8) is 0 Å². The van der Waals surface area contributed by atoms with E-state index in [0.29, 0.717) is 23.3 Å². The number of aryl methyl sites for hydroxylation is 3. The van der Waals surface area contributed by atoms with Gasteiger partial charge in [0, 0.05) is 29.6 Å². The lowest BCUT2D eigenvalue weighted by Gasteiger charge is -2.09. The van der Waals surface area contributed by atoms with E-state index in [1.165, 1.54) is 6.07 Å². The first-order chi connectivity index (χ1) is 12.2. The van der Waals surface area contributed by atoms with Gasteiger partial charge in [-0.3, -0.25) is 0 Å². The largest absolute Gasteiger partial charge is 0.361 e. The molecule has 3 aromatic rings. The van der Waals surface area contributed by atoms with Crippen molar-refractivity contribution in [3.05, 3.63) is 52.6 Å². The van der Waals surface area contributed by atoms with Crippen LogP contribution in [0.3, 0.4) is 0 Å². The van der Waals surface area contributed by atoms with Crippen LogP contribution in [0.15, 0.2) is 27.6 Å². The average molecular weight is 382 g/mol. The molecule has 0 fully saturated rings. The highest BCUT2D eigenvalue weighted by Crippen LogP contribution is 2.32. The number of benzene rings is 1. The molecule has 2 heterocycles. The van der Waals surface area contributed by atoms with Crippen molar-refractivity contribution in [1.82, 2.24) is 19.8 Å². The van der Waals surface area contributed by atoms with E-state index in [4.69, 9.17) is 4.52 Å². The Hall–Kier alpha value is -2.59. The van der Waals surface area contributed by atoms with Crippen molar-refractivity contribution >= 4 is 10.0 Å². The molecular weight excluding hydrogens is 366 g/mol. The standard InChI is InChI=1S/C16H16F2N4O3S/c1-8-14(16-21-10(3)22-25-16)15(9(2)20-8)26(23,24)19-7-11-4-5-12(17)6-13(11)18/h4-6,19-20H,7H2,1-3H3. The maximum Gasteiger partial charge on any atom is 0.261 e. The summed E-state index contributed by atoms with van der Waals surface area (Å²) in [6.07, 6.45) is 0. The Balaban J connectivity index is 1.97. The van der Waals surface area contributed by atoms with Crippen molar-refractivity contribution in [2.75, 3.05) is 0 Å². The number of aromatic nitrogens is 3. The minimum absolute atomic E-state index is 0.0232. The maximum absolute atomic E-state index is 13.7. The van der Waals surface area contributed by atoms with E-state index in [2.05, 4.69) is 19.8 Å². The van der Waals surface area contributed by atoms with E-state index in [9.17, 15) is 17.2 Å². The fourth-order valence-corrected chi connectivity index (χ4v) is 4.11. The lowest BCUT2D eigenvalue weighted by atomic mass is 10.2. The molecule has 138 valence electrons. The van der Waals surface area contributed by atoms with E-state index in [1.54, 1.807) is 20.8 Å². The molecule has 0 saturated carbocycles. The van der Waals surface area contributed by atoms with E-state index < -0.39 is 21.7 Å². The first-order valence-corrected chi connectivity index (χ1v) is 9.11. The highest BCUT2D eigenvalue weighted by molar-refractivity contribution is 7.89. The summed E-state index contributed by atoms with van der Waals surface area (Å²) >= 11 is 0. The Bertz CT molecular complexity index is 1070. The fourth-order valence-electron chi connectivity index (χ4n) is 2.66. The van der Waals surface area contributed by atoms with Crippen LogP contribution in [0, 0.1) is 32.4 Å². The Morgan fingerprint density at radius 3 is 2.54 bits per heavy atom. The van der Waals surface area contributed by atoms with Gasteiger partial charge in [-0.2, -0.15) is 4.98 Å². The molecule has 7 nitrogen and oxygen atoms in total. The van der Waals surface area contributed by atoms with Crippen LogP contribution in [0.2, 0.25) is 0 Å². The van der Waals surface area contributed by atoms with Gasteiger partial charge in [0.1, 0.15) is 16.5 Å². The molecule has 0 aliphatic heterocycles. The van der Waals surface area contributed by atoms with Crippen molar-refractivity contribution in [1.29, 1.82) is 0 Å². The Morgan fingerprint density at radius 1 is 1.19 bits per heavy atom. The number of hydrogen-bond donors (Lipinski definition) is 2. The van der Waals surface area contributed by atoms with Gasteiger partial charge in [-0.15, -0.1) is 0 Å². The normalized spacial score (nSPS) is 11.9. The third kappa shape index (κ3) is 3.37. The van der Waals surface area contributed by atoms with Crippen LogP contribution >= 0.6 is 0 Å². The number of sulfonamides is 1. The smallest absolute Gasteiger partial charge is 0.261 e. The van der Waals surface area contributed by atoms with Crippen LogP contribution in [0.5, 0.6) is 0 Å². The van der Waals surface area contributed by atoms with Crippen LogP contribution in [0.4, 0.5) is 8.78 Å². The second-order valence-electron chi connectivity index (χ2n) is 5.79. The number of rotatable bonds is 5. The zero-order valence-electron chi connectivity index (χ0n) is 14.2. The number of aromatic amines is 1. The predicted molar refractivity (Wildman–Crippen MR) is 88.7 cm³/mol. The van der Waals surface area contributed by atoms with Gasteiger partial charge in [-0.05, 0) is 26.8 Å². The molecule has 0 spiro atoms. The van der Waals surface area contributed by atoms with Crippen LogP contribution in [0.25, 0.3) is 11.5 Å². The van der Waals surface area contributed by atoms with Gasteiger partial charge in [0.2, 0.25) is 10.0 Å². The minimum atomic E-state index is -4.03. The zero-order chi connectivity index (χ0) is 19.1. The monoisotopic (exact) mass is 382 g/mol. The molecular formula is C16H16F2N4O3S. The number of H-pyrrole nitrogens is 1. The average Bonchev–Trinajstić information content (AvgIpc) is 3.09. The van der Waals surface area contributed by atoms with Gasteiger partial charge in [0.15, 0.2) is 5.82 Å². The molecule has 0 radical (unpaired) electrons. The van der Waals surface area contributed by atoms with Gasteiger partial charge in [0.25, 0.3) is 5.89 Å². The van der Waals surface area contributed by atoms with E-state index in [1.807, 2.05) is 0 Å².